The third kappa shape index (κ3) is 3.72. The summed E-state index contributed by atoms with van der Waals surface area (Å²) in [4.78, 5) is 18.3. The zero-order chi connectivity index (χ0) is 17.8. The molecule has 0 saturated carbocycles. The number of hydrogen-bond donors (Lipinski definition) is 1. The monoisotopic (exact) mass is 336 g/mol. The number of nitrogens with one attached hydrogen (secondary N) is 1. The SMILES string of the molecule is COc1cc(C(=O)N[C@@H]2CCN(C#N)C2)ccc1-c1ccnc(C)c1. The molecule has 0 unspecified atom stereocenters. The molecule has 0 bridgehead atoms. The Hall–Kier alpha value is -3.07. The zero-order valence-electron chi connectivity index (χ0n) is 14.3. The average Bonchev–Trinajstić information content (AvgIpc) is 3.08. The Morgan fingerprint density at radius 3 is 2.92 bits per heavy atom. The van der Waals surface area contributed by atoms with Crippen LogP contribution >= 0.6 is 0 Å². The summed E-state index contributed by atoms with van der Waals surface area (Å²) in [5.41, 5.74) is 3.38. The van der Waals surface area contributed by atoms with Crippen LogP contribution in [0.3, 0.4) is 0 Å². The van der Waals surface area contributed by atoms with Crippen molar-refractivity contribution in [2.24, 2.45) is 0 Å². The predicted octanol–water partition coefficient (Wildman–Crippen LogP) is 2.35. The molecule has 1 amide bonds. The maximum Gasteiger partial charge on any atom is 0.251 e. The number of aryl methyl sites for hydroxylation is 1. The molecule has 25 heavy (non-hydrogen) atoms. The lowest BCUT2D eigenvalue weighted by atomic mass is 10.0. The van der Waals surface area contributed by atoms with Gasteiger partial charge in [0.05, 0.1) is 7.11 Å². The van der Waals surface area contributed by atoms with E-state index in [-0.39, 0.29) is 11.9 Å². The lowest BCUT2D eigenvalue weighted by Crippen LogP contribution is -2.36. The number of nitrogens with zero attached hydrogens (tertiary/aromatic N) is 3. The Labute approximate surface area is 147 Å². The first kappa shape index (κ1) is 16.8. The average molecular weight is 336 g/mol. The molecule has 2 aromatic rings. The lowest BCUT2D eigenvalue weighted by Gasteiger charge is -2.14. The molecule has 128 valence electrons. The van der Waals surface area contributed by atoms with Gasteiger partial charge in [-0.05, 0) is 49.2 Å². The number of nitriles is 1. The Morgan fingerprint density at radius 1 is 1.40 bits per heavy atom. The third-order valence-corrected chi connectivity index (χ3v) is 4.34. The molecule has 1 fully saturated rings. The summed E-state index contributed by atoms with van der Waals surface area (Å²) in [5, 5.41) is 11.9. The van der Waals surface area contributed by atoms with Gasteiger partial charge in [-0.3, -0.25) is 9.78 Å². The minimum absolute atomic E-state index is 0.000619. The van der Waals surface area contributed by atoms with Gasteiger partial charge >= 0.3 is 0 Å². The number of benzene rings is 1. The van der Waals surface area contributed by atoms with Gasteiger partial charge in [0.15, 0.2) is 6.19 Å². The van der Waals surface area contributed by atoms with E-state index in [0.717, 1.165) is 23.2 Å². The molecule has 1 saturated heterocycles. The second kappa shape index (κ2) is 7.22. The fourth-order valence-electron chi connectivity index (χ4n) is 3.02. The first-order chi connectivity index (χ1) is 12.1. The zero-order valence-corrected chi connectivity index (χ0v) is 14.3. The highest BCUT2D eigenvalue weighted by molar-refractivity contribution is 5.95. The van der Waals surface area contributed by atoms with E-state index in [2.05, 4.69) is 16.5 Å². The molecule has 0 radical (unpaired) electrons. The molecular weight excluding hydrogens is 316 g/mol. The fourth-order valence-corrected chi connectivity index (χ4v) is 3.02. The summed E-state index contributed by atoms with van der Waals surface area (Å²) >= 11 is 0. The summed E-state index contributed by atoms with van der Waals surface area (Å²) in [6.07, 6.45) is 4.65. The number of amides is 1. The molecule has 1 N–H and O–H groups in total. The smallest absolute Gasteiger partial charge is 0.251 e. The van der Waals surface area contributed by atoms with E-state index in [9.17, 15) is 4.79 Å². The number of carbonyl (C=O) groups excluding carboxylic acids is 1. The molecule has 1 aromatic heterocycles. The fraction of sp³-hybridized carbons (Fsp3) is 0.316. The van der Waals surface area contributed by atoms with Gasteiger partial charge in [0.1, 0.15) is 5.75 Å². The van der Waals surface area contributed by atoms with Gasteiger partial charge in [0.25, 0.3) is 5.91 Å². The van der Waals surface area contributed by atoms with Crippen molar-refractivity contribution in [3.05, 3.63) is 47.8 Å². The topological polar surface area (TPSA) is 78.2 Å². The van der Waals surface area contributed by atoms with Crippen LogP contribution in [0, 0.1) is 18.4 Å². The number of methoxy groups -OCH3 is 1. The van der Waals surface area contributed by atoms with Crippen molar-refractivity contribution in [1.29, 1.82) is 5.26 Å². The van der Waals surface area contributed by atoms with Crippen molar-refractivity contribution in [3.63, 3.8) is 0 Å². The van der Waals surface area contributed by atoms with Crippen LogP contribution in [0.25, 0.3) is 11.1 Å². The summed E-state index contributed by atoms with van der Waals surface area (Å²) < 4.78 is 5.48. The number of hydrogen-bond acceptors (Lipinski definition) is 5. The van der Waals surface area contributed by atoms with E-state index in [4.69, 9.17) is 10.00 Å². The molecular formula is C19H20N4O2. The van der Waals surface area contributed by atoms with Gasteiger partial charge < -0.3 is 15.0 Å². The van der Waals surface area contributed by atoms with E-state index in [1.54, 1.807) is 30.3 Å². The van der Waals surface area contributed by atoms with Gasteiger partial charge in [0, 0.05) is 42.1 Å². The van der Waals surface area contributed by atoms with E-state index in [1.165, 1.54) is 0 Å². The Morgan fingerprint density at radius 2 is 2.24 bits per heavy atom. The molecule has 0 spiro atoms. The quantitative estimate of drug-likeness (QED) is 0.867. The molecule has 6 nitrogen and oxygen atoms in total. The van der Waals surface area contributed by atoms with Crippen LogP contribution in [-0.2, 0) is 0 Å². The highest BCUT2D eigenvalue weighted by Crippen LogP contribution is 2.31. The first-order valence-corrected chi connectivity index (χ1v) is 8.17. The maximum absolute atomic E-state index is 12.5. The van der Waals surface area contributed by atoms with Crippen LogP contribution in [0.4, 0.5) is 0 Å². The van der Waals surface area contributed by atoms with Gasteiger partial charge in [-0.2, -0.15) is 5.26 Å². The minimum Gasteiger partial charge on any atom is -0.496 e. The summed E-state index contributed by atoms with van der Waals surface area (Å²) in [6, 6.07) is 9.32. The maximum atomic E-state index is 12.5. The van der Waals surface area contributed by atoms with Crippen LogP contribution in [-0.4, -0.2) is 42.0 Å². The number of aromatic nitrogens is 1. The molecule has 1 aliphatic heterocycles. The molecule has 2 heterocycles. The van der Waals surface area contributed by atoms with Gasteiger partial charge in [-0.15, -0.1) is 0 Å². The molecule has 0 aliphatic carbocycles. The second-order valence-corrected chi connectivity index (χ2v) is 6.11. The predicted molar refractivity (Wildman–Crippen MR) is 94.0 cm³/mol. The van der Waals surface area contributed by atoms with Crippen molar-refractivity contribution >= 4 is 5.91 Å². The van der Waals surface area contributed by atoms with E-state index in [1.807, 2.05) is 25.1 Å². The van der Waals surface area contributed by atoms with Crippen molar-refractivity contribution in [3.8, 4) is 23.1 Å². The third-order valence-electron chi connectivity index (χ3n) is 4.34. The number of rotatable bonds is 4. The van der Waals surface area contributed by atoms with Crippen molar-refractivity contribution < 1.29 is 9.53 Å². The summed E-state index contributed by atoms with van der Waals surface area (Å²) in [5.74, 6) is 0.490. The van der Waals surface area contributed by atoms with E-state index >= 15 is 0 Å². The Balaban J connectivity index is 1.79. The van der Waals surface area contributed by atoms with Crippen LogP contribution in [0.2, 0.25) is 0 Å². The summed E-state index contributed by atoms with van der Waals surface area (Å²) in [7, 11) is 1.59. The second-order valence-electron chi connectivity index (χ2n) is 6.11. The van der Waals surface area contributed by atoms with Gasteiger partial charge in [-0.25, -0.2) is 0 Å². The number of ether oxygens (including phenoxy) is 1. The van der Waals surface area contributed by atoms with E-state index < -0.39 is 0 Å². The van der Waals surface area contributed by atoms with Gasteiger partial charge in [-0.1, -0.05) is 0 Å². The molecule has 1 atom stereocenters. The van der Waals surface area contributed by atoms with Crippen molar-refractivity contribution in [2.75, 3.05) is 20.2 Å². The summed E-state index contributed by atoms with van der Waals surface area (Å²) in [6.45, 7) is 3.18. The normalized spacial score (nSPS) is 16.4. The van der Waals surface area contributed by atoms with Crippen LogP contribution < -0.4 is 10.1 Å². The lowest BCUT2D eigenvalue weighted by molar-refractivity contribution is 0.0938. The Kier molecular flexibility index (Phi) is 4.85. The van der Waals surface area contributed by atoms with Crippen molar-refractivity contribution in [1.82, 2.24) is 15.2 Å². The first-order valence-electron chi connectivity index (χ1n) is 8.17. The van der Waals surface area contributed by atoms with Crippen LogP contribution in [0.1, 0.15) is 22.5 Å². The van der Waals surface area contributed by atoms with Crippen LogP contribution in [0.15, 0.2) is 36.5 Å². The minimum atomic E-state index is -0.152. The van der Waals surface area contributed by atoms with Crippen molar-refractivity contribution in [2.45, 2.75) is 19.4 Å². The number of pyridine rings is 1. The molecule has 6 heteroatoms. The standard InChI is InChI=1S/C19H20N4O2/c1-13-9-14(5-7-21-13)17-4-3-15(10-18(17)25-2)19(24)22-16-6-8-23(11-16)12-20/h3-5,7,9-10,16H,6,8,11H2,1-2H3,(H,22,24)/t16-/m1/s1. The van der Waals surface area contributed by atoms with E-state index in [0.29, 0.717) is 24.4 Å². The highest BCUT2D eigenvalue weighted by Gasteiger charge is 2.23. The molecule has 3 rings (SSSR count). The Bertz CT molecular complexity index is 828. The molecule has 1 aliphatic rings. The number of likely N-dealkylation sites (tertiary alicyclic amines) is 1. The van der Waals surface area contributed by atoms with Gasteiger partial charge in [0.2, 0.25) is 0 Å². The largest absolute Gasteiger partial charge is 0.496 e. The number of carbonyl (C=O) groups is 1. The molecule has 1 aromatic carbocycles. The highest BCUT2D eigenvalue weighted by atomic mass is 16.5. The van der Waals surface area contributed by atoms with Crippen LogP contribution in [0.5, 0.6) is 5.75 Å².